The predicted octanol–water partition coefficient (Wildman–Crippen LogP) is 3.47. The molecule has 0 saturated carbocycles. The van der Waals surface area contributed by atoms with E-state index in [4.69, 9.17) is 4.74 Å². The van der Waals surface area contributed by atoms with Crippen LogP contribution in [0.3, 0.4) is 0 Å². The number of anilines is 1. The summed E-state index contributed by atoms with van der Waals surface area (Å²) < 4.78 is 22.6. The normalized spacial score (nSPS) is 12.1. The van der Waals surface area contributed by atoms with E-state index < -0.39 is 23.7 Å². The topological polar surface area (TPSA) is 119 Å². The van der Waals surface area contributed by atoms with Gasteiger partial charge in [0.2, 0.25) is 5.91 Å². The Morgan fingerprint density at radius 1 is 1.12 bits per heavy atom. The Morgan fingerprint density at radius 3 is 2.51 bits per heavy atom. The molecule has 0 aliphatic heterocycles. The number of hydrogen-bond donors (Lipinski definition) is 1. The average molecular weight is 569 g/mol. The molecule has 1 atom stereocenters. The third-order valence-corrected chi connectivity index (χ3v) is 6.19. The number of benzene rings is 1. The van der Waals surface area contributed by atoms with E-state index in [9.17, 15) is 23.6 Å². The van der Waals surface area contributed by atoms with E-state index in [1.807, 2.05) is 10.6 Å². The summed E-state index contributed by atoms with van der Waals surface area (Å²) in [5.74, 6) is -0.968. The zero-order valence-electron chi connectivity index (χ0n) is 24.3. The quantitative estimate of drug-likeness (QED) is 0.354. The molecule has 2 heterocycles. The van der Waals surface area contributed by atoms with Crippen molar-refractivity contribution in [1.29, 1.82) is 0 Å². The number of fused-ring (bicyclic) bond motifs is 1. The summed E-state index contributed by atoms with van der Waals surface area (Å²) in [5, 5.41) is 3.26. The molecule has 41 heavy (non-hydrogen) atoms. The van der Waals surface area contributed by atoms with Crippen molar-refractivity contribution in [3.8, 4) is 0 Å². The number of carbonyl (C=O) groups is 3. The van der Waals surface area contributed by atoms with Crippen molar-refractivity contribution in [2.45, 2.75) is 45.9 Å². The molecule has 0 bridgehead atoms. The van der Waals surface area contributed by atoms with Crippen LogP contribution in [0.15, 0.2) is 53.7 Å². The van der Waals surface area contributed by atoms with Gasteiger partial charge in [-0.3, -0.25) is 19.0 Å². The Morgan fingerprint density at radius 2 is 1.85 bits per heavy atom. The number of aromatic nitrogens is 3. The lowest BCUT2D eigenvalue weighted by Crippen LogP contribution is -2.37. The monoisotopic (exact) mass is 568 g/mol. The van der Waals surface area contributed by atoms with Crippen LogP contribution < -0.4 is 10.9 Å². The molecule has 11 nitrogen and oxygen atoms in total. The molecule has 1 unspecified atom stereocenters. The summed E-state index contributed by atoms with van der Waals surface area (Å²) in [7, 11) is 6.21. The minimum Gasteiger partial charge on any atom is -0.436 e. The zero-order chi connectivity index (χ0) is 30.3. The molecule has 0 spiro atoms. The lowest BCUT2D eigenvalue weighted by Gasteiger charge is -2.19. The number of allylic oxidation sites excluding steroid dienone is 1. The highest BCUT2D eigenvalue weighted by atomic mass is 19.1. The highest BCUT2D eigenvalue weighted by Gasteiger charge is 2.25. The average Bonchev–Trinajstić information content (AvgIpc) is 3.22. The third kappa shape index (κ3) is 8.26. The third-order valence-electron chi connectivity index (χ3n) is 6.19. The van der Waals surface area contributed by atoms with Gasteiger partial charge in [-0.15, -0.1) is 0 Å². The Bertz CT molecular complexity index is 1490. The van der Waals surface area contributed by atoms with Crippen molar-refractivity contribution in [1.82, 2.24) is 23.9 Å². The van der Waals surface area contributed by atoms with E-state index in [2.05, 4.69) is 24.1 Å². The molecule has 2 aromatic heterocycles. The number of hydrogen-bond acceptors (Lipinski definition) is 6. The molecule has 0 fully saturated rings. The van der Waals surface area contributed by atoms with Gasteiger partial charge in [-0.1, -0.05) is 19.9 Å². The van der Waals surface area contributed by atoms with Gasteiger partial charge in [0.05, 0.1) is 19.1 Å². The molecule has 0 aliphatic carbocycles. The van der Waals surface area contributed by atoms with E-state index in [1.165, 1.54) is 59.2 Å². The van der Waals surface area contributed by atoms with E-state index >= 15 is 0 Å². The molecule has 1 aromatic carbocycles. The molecule has 1 N–H and O–H groups in total. The number of ether oxygens (including phenoxy) is 1. The fraction of sp³-hybridized carbons (Fsp3) is 0.414. The van der Waals surface area contributed by atoms with Gasteiger partial charge in [-0.25, -0.2) is 14.2 Å². The van der Waals surface area contributed by atoms with Gasteiger partial charge in [0.1, 0.15) is 11.5 Å². The minimum absolute atomic E-state index is 0.0840. The van der Waals surface area contributed by atoms with Gasteiger partial charge < -0.3 is 24.4 Å². The van der Waals surface area contributed by atoms with Crippen LogP contribution in [-0.4, -0.2) is 76.1 Å². The summed E-state index contributed by atoms with van der Waals surface area (Å²) in [6, 6.07) is 6.41. The van der Waals surface area contributed by atoms with Crippen molar-refractivity contribution in [2.75, 3.05) is 33.5 Å². The molecule has 0 aliphatic rings. The van der Waals surface area contributed by atoms with Crippen molar-refractivity contribution >= 4 is 34.5 Å². The first-order valence-electron chi connectivity index (χ1n) is 13.3. The first-order valence-corrected chi connectivity index (χ1v) is 13.3. The molecule has 3 amide bonds. The standard InChI is InChI=1S/C29H37FN6O5/c1-19(2)16-36-22(14-20-13-21(30)11-12-24(20)36)17-35-18-31-15-23(28(35)39)32-27(38)25(41-29(40)34(5)6)9-7-8-10-26(37)33(3)4/h8,10-15,18-19,25H,7,9,16-17H2,1-6H3,(H,32,38)/b10-8+. The van der Waals surface area contributed by atoms with Crippen molar-refractivity contribution in [3.05, 3.63) is 70.8 Å². The first kappa shape index (κ1) is 31.1. The van der Waals surface area contributed by atoms with Crippen molar-refractivity contribution in [3.63, 3.8) is 0 Å². The number of carbonyl (C=O) groups excluding carboxylic acids is 3. The molecule has 3 rings (SSSR count). The highest BCUT2D eigenvalue weighted by molar-refractivity contribution is 5.95. The van der Waals surface area contributed by atoms with Gasteiger partial charge in [0, 0.05) is 51.3 Å². The molecule has 3 aromatic rings. The van der Waals surface area contributed by atoms with Crippen LogP contribution in [0.4, 0.5) is 14.9 Å². The largest absolute Gasteiger partial charge is 0.436 e. The predicted molar refractivity (Wildman–Crippen MR) is 154 cm³/mol. The first-order chi connectivity index (χ1) is 19.4. The van der Waals surface area contributed by atoms with E-state index in [1.54, 1.807) is 26.2 Å². The summed E-state index contributed by atoms with van der Waals surface area (Å²) in [6.45, 7) is 4.94. The molecular weight excluding hydrogens is 531 g/mol. The molecular formula is C29H37FN6O5. The van der Waals surface area contributed by atoms with Crippen molar-refractivity contribution in [2.24, 2.45) is 5.92 Å². The number of amides is 3. The maximum Gasteiger partial charge on any atom is 0.410 e. The van der Waals surface area contributed by atoms with Crippen LogP contribution >= 0.6 is 0 Å². The van der Waals surface area contributed by atoms with E-state index in [-0.39, 0.29) is 36.8 Å². The fourth-order valence-electron chi connectivity index (χ4n) is 4.10. The lowest BCUT2D eigenvalue weighted by molar-refractivity contribution is -0.125. The summed E-state index contributed by atoms with van der Waals surface area (Å²) in [4.78, 5) is 57.2. The Hall–Kier alpha value is -4.48. The van der Waals surface area contributed by atoms with Crippen LogP contribution in [0, 0.1) is 11.7 Å². The van der Waals surface area contributed by atoms with Gasteiger partial charge in [-0.2, -0.15) is 0 Å². The summed E-state index contributed by atoms with van der Waals surface area (Å²) >= 11 is 0. The van der Waals surface area contributed by atoms with E-state index in [0.717, 1.165) is 16.6 Å². The Kier molecular flexibility index (Phi) is 10.4. The molecule has 0 saturated heterocycles. The van der Waals surface area contributed by atoms with Crippen LogP contribution in [0.25, 0.3) is 10.9 Å². The fourth-order valence-corrected chi connectivity index (χ4v) is 4.10. The maximum absolute atomic E-state index is 13.9. The number of rotatable bonds is 11. The SMILES string of the molecule is CC(C)Cn1c(Cn2cncc(NC(=O)C(CC/C=C/C(=O)N(C)C)OC(=O)N(C)C)c2=O)cc2cc(F)ccc21. The van der Waals surface area contributed by atoms with Crippen LogP contribution in [0.2, 0.25) is 0 Å². The highest BCUT2D eigenvalue weighted by Crippen LogP contribution is 2.23. The van der Waals surface area contributed by atoms with E-state index in [0.29, 0.717) is 12.5 Å². The van der Waals surface area contributed by atoms with Gasteiger partial charge in [0.25, 0.3) is 11.5 Å². The van der Waals surface area contributed by atoms with Crippen LogP contribution in [-0.2, 0) is 27.4 Å². The molecule has 0 radical (unpaired) electrons. The van der Waals surface area contributed by atoms with Gasteiger partial charge >= 0.3 is 6.09 Å². The summed E-state index contributed by atoms with van der Waals surface area (Å²) in [5.41, 5.74) is 1.05. The second kappa shape index (κ2) is 13.7. The molecule has 12 heteroatoms. The molecule has 220 valence electrons. The Labute approximate surface area is 238 Å². The van der Waals surface area contributed by atoms with Crippen LogP contribution in [0.1, 0.15) is 32.4 Å². The van der Waals surface area contributed by atoms with Crippen molar-refractivity contribution < 1.29 is 23.5 Å². The number of nitrogens with zero attached hydrogens (tertiary/aromatic N) is 5. The van der Waals surface area contributed by atoms with Gasteiger partial charge in [0.15, 0.2) is 6.10 Å². The Balaban J connectivity index is 1.83. The second-order valence-electron chi connectivity index (χ2n) is 10.6. The number of halogens is 1. The maximum atomic E-state index is 13.9. The van der Waals surface area contributed by atoms with Crippen LogP contribution in [0.5, 0.6) is 0 Å². The lowest BCUT2D eigenvalue weighted by atomic mass is 10.1. The zero-order valence-corrected chi connectivity index (χ0v) is 24.3. The smallest absolute Gasteiger partial charge is 0.410 e. The minimum atomic E-state index is -1.22. The second-order valence-corrected chi connectivity index (χ2v) is 10.6. The summed E-state index contributed by atoms with van der Waals surface area (Å²) in [6.07, 6.45) is 3.97. The number of likely N-dealkylation sites (N-methyl/N-ethyl adjacent to an activating group) is 1. The van der Waals surface area contributed by atoms with Gasteiger partial charge in [-0.05, 0) is 49.1 Å². The number of nitrogens with one attached hydrogen (secondary N) is 1.